The maximum absolute atomic E-state index is 12.9. The molecule has 12 nitrogen and oxygen atoms in total. The highest BCUT2D eigenvalue weighted by molar-refractivity contribution is 6.28. The Morgan fingerprint density at radius 2 is 1.75 bits per heavy atom. The minimum Gasteiger partial charge on any atom is -0.465 e. The maximum atomic E-state index is 12.9. The monoisotopic (exact) mass is 563 g/mol. The van der Waals surface area contributed by atoms with Crippen LogP contribution in [0.2, 0.25) is 5.28 Å². The lowest BCUT2D eigenvalue weighted by molar-refractivity contribution is -0.129. The van der Waals surface area contributed by atoms with Crippen LogP contribution in [0.5, 0.6) is 0 Å². The molecule has 0 bridgehead atoms. The fourth-order valence-electron chi connectivity index (χ4n) is 4.32. The molecule has 1 fully saturated rings. The second kappa shape index (κ2) is 13.1. The SMILES string of the molecule is CN(C)C(=O)[C@H](Cc1ccc(C#N)cc1)Nc1nc(Cl)nc(Nc2cccc(CN3CCN(C(=O)O)CC3)c2)n1. The van der Waals surface area contributed by atoms with Crippen molar-refractivity contribution in [3.8, 4) is 6.07 Å². The van der Waals surface area contributed by atoms with Gasteiger partial charge in [0.15, 0.2) is 0 Å². The summed E-state index contributed by atoms with van der Waals surface area (Å²) in [6.45, 7) is 2.97. The molecule has 0 radical (unpaired) electrons. The van der Waals surface area contributed by atoms with E-state index in [2.05, 4.69) is 36.6 Å². The number of rotatable bonds is 9. The van der Waals surface area contributed by atoms with Gasteiger partial charge in [-0.2, -0.15) is 20.2 Å². The van der Waals surface area contributed by atoms with Crippen LogP contribution in [-0.2, 0) is 17.8 Å². The Balaban J connectivity index is 1.45. The van der Waals surface area contributed by atoms with Gasteiger partial charge in [0, 0.05) is 58.9 Å². The van der Waals surface area contributed by atoms with Gasteiger partial charge in [0.1, 0.15) is 6.04 Å². The third-order valence-electron chi connectivity index (χ3n) is 6.41. The summed E-state index contributed by atoms with van der Waals surface area (Å²) < 4.78 is 0. The first-order valence-corrected chi connectivity index (χ1v) is 13.0. The van der Waals surface area contributed by atoms with Crippen LogP contribution < -0.4 is 10.6 Å². The molecule has 40 heavy (non-hydrogen) atoms. The van der Waals surface area contributed by atoms with Crippen LogP contribution in [0.4, 0.5) is 22.4 Å². The number of carbonyl (C=O) groups is 2. The van der Waals surface area contributed by atoms with Crippen molar-refractivity contribution in [1.82, 2.24) is 29.7 Å². The van der Waals surface area contributed by atoms with E-state index < -0.39 is 12.1 Å². The molecule has 2 aromatic carbocycles. The molecule has 13 heteroatoms. The van der Waals surface area contributed by atoms with Crippen LogP contribution in [0, 0.1) is 11.3 Å². The van der Waals surface area contributed by atoms with E-state index in [0.29, 0.717) is 44.7 Å². The summed E-state index contributed by atoms with van der Waals surface area (Å²) in [6, 6.07) is 16.2. The van der Waals surface area contributed by atoms with E-state index in [-0.39, 0.29) is 23.1 Å². The van der Waals surface area contributed by atoms with Crippen molar-refractivity contribution in [3.63, 3.8) is 0 Å². The summed E-state index contributed by atoms with van der Waals surface area (Å²) in [6.07, 6.45) is -0.542. The average Bonchev–Trinajstić information content (AvgIpc) is 2.93. The number of nitriles is 1. The highest BCUT2D eigenvalue weighted by Gasteiger charge is 2.23. The first-order valence-electron chi connectivity index (χ1n) is 12.6. The molecule has 0 aliphatic carbocycles. The lowest BCUT2D eigenvalue weighted by Crippen LogP contribution is -2.47. The van der Waals surface area contributed by atoms with Crippen molar-refractivity contribution in [3.05, 3.63) is 70.5 Å². The zero-order valence-corrected chi connectivity index (χ0v) is 23.0. The topological polar surface area (TPSA) is 151 Å². The van der Waals surface area contributed by atoms with Crippen LogP contribution in [0.15, 0.2) is 48.5 Å². The molecule has 2 heterocycles. The number of likely N-dealkylation sites (N-methyl/N-ethyl adjacent to an activating group) is 1. The van der Waals surface area contributed by atoms with Crippen molar-refractivity contribution in [2.24, 2.45) is 0 Å². The van der Waals surface area contributed by atoms with E-state index in [4.69, 9.17) is 22.0 Å². The molecule has 1 aromatic heterocycles. The maximum Gasteiger partial charge on any atom is 0.407 e. The molecule has 1 saturated heterocycles. The Kier molecular flexibility index (Phi) is 9.31. The Morgan fingerprint density at radius 3 is 2.40 bits per heavy atom. The summed E-state index contributed by atoms with van der Waals surface area (Å²) in [7, 11) is 3.34. The minimum atomic E-state index is -0.887. The van der Waals surface area contributed by atoms with E-state index in [9.17, 15) is 9.59 Å². The van der Waals surface area contributed by atoms with Gasteiger partial charge in [-0.25, -0.2) is 4.79 Å². The van der Waals surface area contributed by atoms with E-state index in [0.717, 1.165) is 16.8 Å². The van der Waals surface area contributed by atoms with E-state index in [1.807, 2.05) is 36.4 Å². The quantitative estimate of drug-likeness (QED) is 0.354. The Labute approximate surface area is 237 Å². The number of hydrogen-bond acceptors (Lipinski definition) is 9. The van der Waals surface area contributed by atoms with Gasteiger partial charge in [-0.05, 0) is 47.0 Å². The predicted molar refractivity (Wildman–Crippen MR) is 150 cm³/mol. The summed E-state index contributed by atoms with van der Waals surface area (Å²) in [4.78, 5) is 42.0. The lowest BCUT2D eigenvalue weighted by atomic mass is 10.0. The number of piperazine rings is 1. The number of anilines is 3. The number of hydrogen-bond donors (Lipinski definition) is 3. The molecule has 4 rings (SSSR count). The first kappa shape index (κ1) is 28.5. The van der Waals surface area contributed by atoms with Crippen molar-refractivity contribution in [2.75, 3.05) is 50.9 Å². The zero-order chi connectivity index (χ0) is 28.6. The molecule has 1 aliphatic heterocycles. The molecule has 0 saturated carbocycles. The number of aromatic nitrogens is 3. The van der Waals surface area contributed by atoms with Crippen LogP contribution in [0.25, 0.3) is 0 Å². The molecule has 3 N–H and O–H groups in total. The van der Waals surface area contributed by atoms with Gasteiger partial charge in [-0.15, -0.1) is 0 Å². The van der Waals surface area contributed by atoms with Crippen molar-refractivity contribution in [2.45, 2.75) is 19.0 Å². The summed E-state index contributed by atoms with van der Waals surface area (Å²) in [5.74, 6) is 0.181. The van der Waals surface area contributed by atoms with Crippen molar-refractivity contribution in [1.29, 1.82) is 5.26 Å². The average molecular weight is 564 g/mol. The number of nitrogens with one attached hydrogen (secondary N) is 2. The fraction of sp³-hybridized carbons (Fsp3) is 0.333. The van der Waals surface area contributed by atoms with Crippen LogP contribution in [-0.4, -0.2) is 93.1 Å². The normalized spacial score (nSPS) is 14.2. The van der Waals surface area contributed by atoms with Crippen molar-refractivity contribution < 1.29 is 14.7 Å². The van der Waals surface area contributed by atoms with Crippen LogP contribution in [0.3, 0.4) is 0 Å². The second-order valence-corrected chi connectivity index (χ2v) is 9.90. The molecule has 1 aliphatic rings. The molecule has 2 amide bonds. The Bertz CT molecular complexity index is 1390. The molecular formula is C27H30ClN9O3. The van der Waals surface area contributed by atoms with Gasteiger partial charge in [-0.1, -0.05) is 24.3 Å². The highest BCUT2D eigenvalue weighted by atomic mass is 35.5. The standard InChI is InChI=1S/C27H30ClN9O3/c1-35(2)23(38)22(15-18-6-8-19(16-29)9-7-18)31-26-33-24(28)32-25(34-26)30-21-5-3-4-20(14-21)17-36-10-12-37(13-11-36)27(39)40/h3-9,14,22H,10-13,15,17H2,1-2H3,(H,39,40)(H2,30,31,32,33,34)/t22-/m0/s1. The molecule has 0 unspecified atom stereocenters. The van der Waals surface area contributed by atoms with E-state index in [1.165, 1.54) is 9.80 Å². The van der Waals surface area contributed by atoms with Crippen LogP contribution in [0.1, 0.15) is 16.7 Å². The number of benzene rings is 2. The summed E-state index contributed by atoms with van der Waals surface area (Å²) in [5.41, 5.74) is 3.20. The van der Waals surface area contributed by atoms with Gasteiger partial charge in [0.05, 0.1) is 11.6 Å². The van der Waals surface area contributed by atoms with E-state index in [1.54, 1.807) is 26.2 Å². The number of carbonyl (C=O) groups excluding carboxylic acids is 1. The lowest BCUT2D eigenvalue weighted by Gasteiger charge is -2.33. The van der Waals surface area contributed by atoms with Crippen LogP contribution >= 0.6 is 11.6 Å². The van der Waals surface area contributed by atoms with E-state index >= 15 is 0 Å². The number of halogens is 1. The first-order chi connectivity index (χ1) is 19.2. The molecule has 0 spiro atoms. The largest absolute Gasteiger partial charge is 0.465 e. The van der Waals surface area contributed by atoms with Gasteiger partial charge in [0.2, 0.25) is 23.1 Å². The number of carboxylic acid groups (broad SMARTS) is 1. The van der Waals surface area contributed by atoms with Gasteiger partial charge in [0.25, 0.3) is 0 Å². The predicted octanol–water partition coefficient (Wildman–Crippen LogP) is 3.05. The third-order valence-corrected chi connectivity index (χ3v) is 6.57. The zero-order valence-electron chi connectivity index (χ0n) is 22.2. The highest BCUT2D eigenvalue weighted by Crippen LogP contribution is 2.20. The summed E-state index contributed by atoms with van der Waals surface area (Å²) in [5, 5.41) is 24.4. The smallest absolute Gasteiger partial charge is 0.407 e. The summed E-state index contributed by atoms with van der Waals surface area (Å²) >= 11 is 6.21. The Hall–Kier alpha value is -4.47. The number of amides is 2. The van der Waals surface area contributed by atoms with Gasteiger partial charge >= 0.3 is 6.09 Å². The molecule has 1 atom stereocenters. The molecule has 208 valence electrons. The molecular weight excluding hydrogens is 534 g/mol. The van der Waals surface area contributed by atoms with Crippen molar-refractivity contribution >= 4 is 41.2 Å². The Morgan fingerprint density at radius 1 is 1.05 bits per heavy atom. The third kappa shape index (κ3) is 7.78. The molecule has 3 aromatic rings. The number of nitrogens with zero attached hydrogens (tertiary/aromatic N) is 7. The minimum absolute atomic E-state index is 0.0399. The van der Waals surface area contributed by atoms with Gasteiger partial charge < -0.3 is 25.5 Å². The van der Waals surface area contributed by atoms with Gasteiger partial charge in [-0.3, -0.25) is 9.69 Å². The fourth-order valence-corrected chi connectivity index (χ4v) is 4.48. The second-order valence-electron chi connectivity index (χ2n) is 9.57.